The average Bonchev–Trinajstić information content (AvgIpc) is 1.49. The Morgan fingerprint density at radius 1 is 0.427 bits per heavy atom. The number of aliphatic hydroxyl groups excluding tert-OH is 2. The van der Waals surface area contributed by atoms with Gasteiger partial charge in [-0.1, -0.05) is 92.6 Å². The quantitative estimate of drug-likeness (QED) is 0.0457. The van der Waals surface area contributed by atoms with Gasteiger partial charge in [0.25, 0.3) is 17.7 Å². The van der Waals surface area contributed by atoms with Crippen molar-refractivity contribution in [3.05, 3.63) is 200 Å². The van der Waals surface area contributed by atoms with Crippen LogP contribution in [0.1, 0.15) is 122 Å². The fourth-order valence-electron chi connectivity index (χ4n) is 15.0. The Morgan fingerprint density at radius 3 is 1.28 bits per heavy atom. The Balaban J connectivity index is 0.000000138. The van der Waals surface area contributed by atoms with Crippen molar-refractivity contribution >= 4 is 50.5 Å². The maximum absolute atomic E-state index is 13.6. The van der Waals surface area contributed by atoms with Gasteiger partial charge in [0.1, 0.15) is 0 Å². The van der Waals surface area contributed by atoms with E-state index in [1.54, 1.807) is 22.7 Å². The number of nitrogens with zero attached hydrogens (tertiary/aromatic N) is 6. The molecule has 9 aliphatic rings. The Bertz CT molecular complexity index is 4250. The molecule has 5 aromatic carbocycles. The number of piperazine rings is 3. The van der Waals surface area contributed by atoms with Gasteiger partial charge in [0.15, 0.2) is 51.8 Å². The summed E-state index contributed by atoms with van der Waals surface area (Å²) in [7, 11) is 0. The SMILES string of the molecule is CCCCCO[C@@H]1C[C@H](c2cccs2)C=C(C(=O)N2CCN(Cc3ccc4c(c3)OCO4)CC2)O1.O=C(C1=C[C@@H](c2csc3ccccc23)C[C@@H](OCCCCO)O1)N1CCN(Cc2ccc3c(c2)OCO3)CC1.O=C(C1=C[C@H](c2ccccc2)C[C@H](OCCCCO)O1)N1CCN(Cc2ccc3c(c2)OCO3)CC1. The first-order chi connectivity index (χ1) is 54.1. The molecule has 3 fully saturated rings. The minimum absolute atomic E-state index is 0.0313. The monoisotopic (exact) mass is 1540 g/mol. The van der Waals surface area contributed by atoms with E-state index in [4.69, 9.17) is 67.1 Å². The summed E-state index contributed by atoms with van der Waals surface area (Å²) in [6.45, 7) is 16.1. The van der Waals surface area contributed by atoms with Gasteiger partial charge in [0.2, 0.25) is 39.2 Å². The molecule has 0 saturated carbocycles. The maximum atomic E-state index is 13.6. The second-order valence-electron chi connectivity index (χ2n) is 28.8. The predicted octanol–water partition coefficient (Wildman–Crippen LogP) is 12.5. The van der Waals surface area contributed by atoms with Crippen molar-refractivity contribution in [3.8, 4) is 34.5 Å². The van der Waals surface area contributed by atoms with E-state index in [0.717, 1.165) is 137 Å². The van der Waals surface area contributed by atoms with Gasteiger partial charge in [-0.25, -0.2) is 0 Å². The summed E-state index contributed by atoms with van der Waals surface area (Å²) in [6, 6.07) is 40.9. The first-order valence-electron chi connectivity index (χ1n) is 39.0. The van der Waals surface area contributed by atoms with Gasteiger partial charge in [-0.2, -0.15) is 0 Å². The summed E-state index contributed by atoms with van der Waals surface area (Å²) in [4.78, 5) is 54.5. The van der Waals surface area contributed by atoms with Crippen LogP contribution in [0.2, 0.25) is 0 Å². The van der Waals surface area contributed by atoms with Crippen LogP contribution in [0.4, 0.5) is 0 Å². The van der Waals surface area contributed by atoms with Crippen molar-refractivity contribution in [1.29, 1.82) is 0 Å². The fraction of sp³-hybridized carbons (Fsp3) is 0.471. The Hall–Kier alpha value is -8.73. The van der Waals surface area contributed by atoms with E-state index in [9.17, 15) is 14.4 Å². The lowest BCUT2D eigenvalue weighted by Gasteiger charge is -2.36. The van der Waals surface area contributed by atoms with Crippen LogP contribution in [0.3, 0.4) is 0 Å². The Morgan fingerprint density at radius 2 is 0.836 bits per heavy atom. The minimum Gasteiger partial charge on any atom is -0.459 e. The topological polar surface area (TPSA) is 222 Å². The number of carbonyl (C=O) groups excluding carboxylic acids is 3. The molecular formula is C85H102N6O17S2. The van der Waals surface area contributed by atoms with Crippen LogP contribution in [0.25, 0.3) is 10.1 Å². The highest BCUT2D eigenvalue weighted by Gasteiger charge is 2.37. The summed E-state index contributed by atoms with van der Waals surface area (Å²) in [5.74, 6) is 5.99. The number of allylic oxidation sites excluding steroid dienone is 3. The first kappa shape index (κ1) is 78.0. The number of ether oxygens (including phenoxy) is 12. The molecule has 3 saturated heterocycles. The van der Waals surface area contributed by atoms with Crippen LogP contribution in [0, 0.1) is 0 Å². The molecule has 11 heterocycles. The van der Waals surface area contributed by atoms with Gasteiger partial charge in [-0.15, -0.1) is 22.7 Å². The zero-order valence-corrected chi connectivity index (χ0v) is 64.4. The summed E-state index contributed by atoms with van der Waals surface area (Å²) < 4.78 is 70.3. The minimum atomic E-state index is -0.497. The van der Waals surface area contributed by atoms with Crippen LogP contribution >= 0.6 is 22.7 Å². The predicted molar refractivity (Wildman–Crippen MR) is 417 cm³/mol. The lowest BCUT2D eigenvalue weighted by Crippen LogP contribution is -2.49. The maximum Gasteiger partial charge on any atom is 0.288 e. The fourth-order valence-corrected chi connectivity index (χ4v) is 16.8. The summed E-state index contributed by atoms with van der Waals surface area (Å²) >= 11 is 3.44. The van der Waals surface area contributed by atoms with Crippen LogP contribution in [0.15, 0.2) is 168 Å². The molecule has 2 aromatic heterocycles. The van der Waals surface area contributed by atoms with Crippen LogP contribution < -0.4 is 28.4 Å². The van der Waals surface area contributed by atoms with Crippen LogP contribution in [0.5, 0.6) is 34.5 Å². The number of unbranched alkanes of at least 4 members (excludes halogenated alkanes) is 4. The summed E-state index contributed by atoms with van der Waals surface area (Å²) in [5, 5.41) is 23.6. The molecule has 0 aliphatic carbocycles. The van der Waals surface area contributed by atoms with E-state index in [0.29, 0.717) is 102 Å². The highest BCUT2D eigenvalue weighted by molar-refractivity contribution is 7.17. The van der Waals surface area contributed by atoms with Crippen molar-refractivity contribution in [2.45, 2.75) is 127 Å². The summed E-state index contributed by atoms with van der Waals surface area (Å²) in [5.41, 5.74) is 5.88. The number of rotatable bonds is 27. The lowest BCUT2D eigenvalue weighted by molar-refractivity contribution is -0.154. The zero-order valence-electron chi connectivity index (χ0n) is 62.8. The largest absolute Gasteiger partial charge is 0.459 e. The Labute approximate surface area is 651 Å². The molecule has 25 heteroatoms. The van der Waals surface area contributed by atoms with Crippen molar-refractivity contribution in [3.63, 3.8) is 0 Å². The van der Waals surface area contributed by atoms with Gasteiger partial charge in [0, 0.05) is 158 Å². The smallest absolute Gasteiger partial charge is 0.288 e. The van der Waals surface area contributed by atoms with Gasteiger partial charge in [-0.3, -0.25) is 29.1 Å². The number of aliphatic hydroxyl groups is 2. The second-order valence-corrected chi connectivity index (χ2v) is 30.7. The third-order valence-electron chi connectivity index (χ3n) is 21.1. The van der Waals surface area contributed by atoms with E-state index in [1.807, 2.05) is 87.5 Å². The molecule has 16 rings (SSSR count). The number of amides is 3. The molecule has 0 spiro atoms. The third-order valence-corrected chi connectivity index (χ3v) is 23.1. The molecule has 6 atom stereocenters. The molecule has 0 bridgehead atoms. The van der Waals surface area contributed by atoms with Gasteiger partial charge < -0.3 is 81.8 Å². The van der Waals surface area contributed by atoms with Crippen LogP contribution in [-0.4, -0.2) is 208 Å². The van der Waals surface area contributed by atoms with Gasteiger partial charge in [0.05, 0.1) is 19.8 Å². The highest BCUT2D eigenvalue weighted by atomic mass is 32.1. The molecule has 23 nitrogen and oxygen atoms in total. The molecule has 2 N–H and O–H groups in total. The summed E-state index contributed by atoms with van der Waals surface area (Å²) in [6.07, 6.45) is 12.8. The van der Waals surface area contributed by atoms with E-state index < -0.39 is 12.6 Å². The molecule has 110 heavy (non-hydrogen) atoms. The Kier molecular flexibility index (Phi) is 27.6. The average molecular weight is 1540 g/mol. The van der Waals surface area contributed by atoms with E-state index >= 15 is 0 Å². The number of thiophene rings is 2. The molecule has 0 radical (unpaired) electrons. The molecule has 9 aliphatic heterocycles. The number of carbonyl (C=O) groups is 3. The van der Waals surface area contributed by atoms with Crippen molar-refractivity contribution < 1.29 is 81.4 Å². The number of hydrogen-bond donors (Lipinski definition) is 2. The zero-order chi connectivity index (χ0) is 75.4. The van der Waals surface area contributed by atoms with Crippen molar-refractivity contribution in [2.75, 3.05) is 132 Å². The van der Waals surface area contributed by atoms with Gasteiger partial charge >= 0.3 is 0 Å². The number of benzene rings is 5. The second kappa shape index (κ2) is 39.0. The first-order valence-corrected chi connectivity index (χ1v) is 40.8. The van der Waals surface area contributed by atoms with E-state index in [-0.39, 0.29) is 75.4 Å². The molecule has 3 amide bonds. The molecule has 7 aromatic rings. The van der Waals surface area contributed by atoms with Crippen molar-refractivity contribution in [1.82, 2.24) is 29.4 Å². The van der Waals surface area contributed by atoms with E-state index in [2.05, 4.69) is 99.1 Å². The normalized spacial score (nSPS) is 21.6. The number of hydrogen-bond acceptors (Lipinski definition) is 22. The molecule has 0 unspecified atom stereocenters. The number of fused-ring (bicyclic) bond motifs is 4. The van der Waals surface area contributed by atoms with E-state index in [1.165, 1.54) is 37.2 Å². The molecule has 586 valence electrons. The van der Waals surface area contributed by atoms with Crippen LogP contribution in [-0.2, 0) is 62.4 Å². The van der Waals surface area contributed by atoms with Crippen molar-refractivity contribution in [2.24, 2.45) is 0 Å². The lowest BCUT2D eigenvalue weighted by atomic mass is 9.92. The highest BCUT2D eigenvalue weighted by Crippen LogP contribution is 2.42. The molecular weight excluding hydrogens is 1440 g/mol. The standard InChI is InChI=1S/C30H34N2O6S.C28H34N2O6.C27H34N2O5S/c33-13-3-4-14-35-29-17-22(24-19-39-28-6-2-1-5-23(24)28)16-27(38-29)30(34)32-11-9-31(10-12-32)18-21-7-8-25-26(15-21)37-20-36-25;31-14-4-5-15-33-27-18-23(22-6-2-1-3-7-22)17-26(36-27)28(32)30-12-10-29(11-13-30)19-21-8-9-24-25(16-21)35-20-34-24;1-2-3-4-13-31-26-17-21(25-6-5-14-35-25)16-24(34-26)27(30)29-11-9-28(10-12-29)18-20-7-8-22-23(15-20)33-19-32-22/h1-2,5-8,15-16,19,22,29,33H,3-4,9-14,17-18,20H2;1-3,6-9,16-17,23,27,31H,4-5,10-15,18-20H2;5-8,14-16,21,26H,2-4,9-13,17-19H2,1H3/t22-,29+;23-,27+;21-,26+/m101/s1. The third kappa shape index (κ3) is 20.7. The van der Waals surface area contributed by atoms with Gasteiger partial charge in [-0.05, 0) is 143 Å².